The molecule has 1 aliphatic rings. The van der Waals surface area contributed by atoms with Gasteiger partial charge in [-0.25, -0.2) is 15.6 Å². The van der Waals surface area contributed by atoms with Crippen LogP contribution in [0, 0.1) is 0 Å². The van der Waals surface area contributed by atoms with Crippen LogP contribution in [-0.4, -0.2) is 17.3 Å². The Balaban J connectivity index is 2.33. The second-order valence-corrected chi connectivity index (χ2v) is 3.38. The Morgan fingerprint density at radius 3 is 2.00 bits per heavy atom. The van der Waals surface area contributed by atoms with Crippen LogP contribution >= 0.6 is 0 Å². The first-order chi connectivity index (χ1) is 7.37. The predicted octanol–water partition coefficient (Wildman–Crippen LogP) is 1.21. The number of carboxylic acid groups (broad SMARTS) is 1. The maximum atomic E-state index is 12.6. The molecule has 0 amide bonds. The largest absolute Gasteiger partial charge is 0.478 e. The van der Waals surface area contributed by atoms with Gasteiger partial charge in [0.05, 0.1) is 5.56 Å². The van der Waals surface area contributed by atoms with E-state index >= 15 is 0 Å². The third-order valence-electron chi connectivity index (χ3n) is 2.37. The van der Waals surface area contributed by atoms with E-state index in [9.17, 15) is 18.0 Å². The number of hydrogen-bond acceptors (Lipinski definition) is 3. The number of halogens is 3. The van der Waals surface area contributed by atoms with Crippen LogP contribution in [0.5, 0.6) is 0 Å². The van der Waals surface area contributed by atoms with E-state index < -0.39 is 17.8 Å². The standard InChI is InChI=1S/C9H7F3N2O2/c10-9(11,12)8(13-14-8)6-3-1-5(2-4-6)7(15)16/h1-4,13-14H,(H,15,16). The molecule has 1 heterocycles. The quantitative estimate of drug-likeness (QED) is 0.669. The van der Waals surface area contributed by atoms with Gasteiger partial charge in [-0.2, -0.15) is 13.2 Å². The number of rotatable bonds is 2. The molecule has 0 bridgehead atoms. The van der Waals surface area contributed by atoms with Crippen molar-refractivity contribution in [2.75, 3.05) is 0 Å². The van der Waals surface area contributed by atoms with Crippen molar-refractivity contribution in [1.82, 2.24) is 10.9 Å². The summed E-state index contributed by atoms with van der Waals surface area (Å²) in [5.41, 5.74) is 1.71. The summed E-state index contributed by atoms with van der Waals surface area (Å²) < 4.78 is 37.8. The monoisotopic (exact) mass is 232 g/mol. The second-order valence-electron chi connectivity index (χ2n) is 3.38. The van der Waals surface area contributed by atoms with Crippen LogP contribution in [0.15, 0.2) is 24.3 Å². The zero-order valence-corrected chi connectivity index (χ0v) is 7.80. The molecule has 1 aromatic carbocycles. The topological polar surface area (TPSA) is 81.2 Å². The van der Waals surface area contributed by atoms with E-state index in [1.165, 1.54) is 0 Å². The summed E-state index contributed by atoms with van der Waals surface area (Å²) in [6.45, 7) is 0. The molecule has 0 aliphatic carbocycles. The average Bonchev–Trinajstić information content (AvgIpc) is 2.97. The lowest BCUT2D eigenvalue weighted by Gasteiger charge is -2.16. The Labute approximate surface area is 88.0 Å². The van der Waals surface area contributed by atoms with E-state index in [0.29, 0.717) is 0 Å². The molecule has 0 spiro atoms. The normalized spacial score (nSPS) is 18.2. The molecule has 1 fully saturated rings. The first kappa shape index (κ1) is 10.9. The van der Waals surface area contributed by atoms with E-state index in [2.05, 4.69) is 0 Å². The van der Waals surface area contributed by atoms with Gasteiger partial charge in [0, 0.05) is 0 Å². The molecule has 86 valence electrons. The molecule has 3 N–H and O–H groups in total. The number of carboxylic acids is 1. The van der Waals surface area contributed by atoms with Gasteiger partial charge < -0.3 is 5.11 Å². The maximum Gasteiger partial charge on any atom is 0.426 e. The van der Waals surface area contributed by atoms with Crippen molar-refractivity contribution >= 4 is 5.97 Å². The van der Waals surface area contributed by atoms with Gasteiger partial charge in [-0.15, -0.1) is 0 Å². The van der Waals surface area contributed by atoms with Gasteiger partial charge in [-0.05, 0) is 17.7 Å². The molecule has 1 saturated heterocycles. The Morgan fingerprint density at radius 2 is 1.69 bits per heavy atom. The maximum absolute atomic E-state index is 12.6. The fourth-order valence-corrected chi connectivity index (χ4v) is 1.38. The van der Waals surface area contributed by atoms with Crippen LogP contribution in [-0.2, 0) is 5.66 Å². The third-order valence-corrected chi connectivity index (χ3v) is 2.37. The zero-order chi connectivity index (χ0) is 12.0. The Hall–Kier alpha value is -1.60. The fourth-order valence-electron chi connectivity index (χ4n) is 1.38. The minimum Gasteiger partial charge on any atom is -0.478 e. The van der Waals surface area contributed by atoms with E-state index in [0.717, 1.165) is 24.3 Å². The Bertz CT molecular complexity index is 423. The number of nitrogens with one attached hydrogen (secondary N) is 2. The molecule has 16 heavy (non-hydrogen) atoms. The van der Waals surface area contributed by atoms with E-state index in [1.807, 2.05) is 10.9 Å². The summed E-state index contributed by atoms with van der Waals surface area (Å²) in [5.74, 6) is -1.18. The van der Waals surface area contributed by atoms with Crippen molar-refractivity contribution in [2.45, 2.75) is 11.8 Å². The molecule has 7 heteroatoms. The molecule has 2 rings (SSSR count). The lowest BCUT2D eigenvalue weighted by atomic mass is 10.0. The Morgan fingerprint density at radius 1 is 1.19 bits per heavy atom. The van der Waals surface area contributed by atoms with Gasteiger partial charge in [-0.3, -0.25) is 0 Å². The summed E-state index contributed by atoms with van der Waals surface area (Å²) in [7, 11) is 0. The van der Waals surface area contributed by atoms with Crippen LogP contribution < -0.4 is 10.9 Å². The molecular formula is C9H7F3N2O2. The van der Waals surface area contributed by atoms with Crippen LogP contribution in [0.2, 0.25) is 0 Å². The van der Waals surface area contributed by atoms with Crippen molar-refractivity contribution in [2.24, 2.45) is 0 Å². The number of hydrazine groups is 1. The highest BCUT2D eigenvalue weighted by Crippen LogP contribution is 2.41. The van der Waals surface area contributed by atoms with Gasteiger partial charge in [0.1, 0.15) is 0 Å². The number of hydrogen-bond donors (Lipinski definition) is 3. The van der Waals surface area contributed by atoms with Gasteiger partial charge in [-0.1, -0.05) is 12.1 Å². The summed E-state index contributed by atoms with van der Waals surface area (Å²) in [5, 5.41) is 8.60. The highest BCUT2D eigenvalue weighted by Gasteiger charge is 2.65. The smallest absolute Gasteiger partial charge is 0.426 e. The SMILES string of the molecule is O=C(O)c1ccc(C2(C(F)(F)F)NN2)cc1. The van der Waals surface area contributed by atoms with E-state index in [4.69, 9.17) is 5.11 Å². The lowest BCUT2D eigenvalue weighted by molar-refractivity contribution is -0.165. The highest BCUT2D eigenvalue weighted by atomic mass is 19.4. The van der Waals surface area contributed by atoms with Gasteiger partial charge in [0.15, 0.2) is 0 Å². The fraction of sp³-hybridized carbons (Fsp3) is 0.222. The summed E-state index contributed by atoms with van der Waals surface area (Å²) in [6.07, 6.45) is -4.47. The summed E-state index contributed by atoms with van der Waals surface area (Å²) >= 11 is 0. The molecule has 0 aromatic heterocycles. The molecule has 1 aromatic rings. The molecule has 0 atom stereocenters. The second kappa shape index (κ2) is 3.19. The number of alkyl halides is 3. The van der Waals surface area contributed by atoms with Crippen molar-refractivity contribution in [3.63, 3.8) is 0 Å². The van der Waals surface area contributed by atoms with E-state index in [-0.39, 0.29) is 11.1 Å². The minimum absolute atomic E-state index is 0.0540. The van der Waals surface area contributed by atoms with Crippen LogP contribution in [0.25, 0.3) is 0 Å². The summed E-state index contributed by atoms with van der Waals surface area (Å²) in [6, 6.07) is 4.52. The van der Waals surface area contributed by atoms with Crippen molar-refractivity contribution in [3.05, 3.63) is 35.4 Å². The first-order valence-electron chi connectivity index (χ1n) is 4.32. The van der Waals surface area contributed by atoms with Gasteiger partial charge >= 0.3 is 12.1 Å². The zero-order valence-electron chi connectivity index (χ0n) is 7.80. The number of carbonyl (C=O) groups is 1. The van der Waals surface area contributed by atoms with Crippen molar-refractivity contribution in [1.29, 1.82) is 0 Å². The summed E-state index contributed by atoms with van der Waals surface area (Å²) in [4.78, 5) is 10.5. The average molecular weight is 232 g/mol. The molecular weight excluding hydrogens is 225 g/mol. The molecule has 4 nitrogen and oxygen atoms in total. The van der Waals surface area contributed by atoms with Crippen LogP contribution in [0.3, 0.4) is 0 Å². The Kier molecular flexibility index (Phi) is 2.18. The lowest BCUT2D eigenvalue weighted by Crippen LogP contribution is -2.34. The van der Waals surface area contributed by atoms with Crippen molar-refractivity contribution < 1.29 is 23.1 Å². The molecule has 0 unspecified atom stereocenters. The first-order valence-corrected chi connectivity index (χ1v) is 4.32. The molecule has 1 aliphatic heterocycles. The minimum atomic E-state index is -4.47. The molecule has 0 saturated carbocycles. The van der Waals surface area contributed by atoms with Crippen molar-refractivity contribution in [3.8, 4) is 0 Å². The van der Waals surface area contributed by atoms with E-state index in [1.54, 1.807) is 0 Å². The van der Waals surface area contributed by atoms with Crippen LogP contribution in [0.4, 0.5) is 13.2 Å². The number of aromatic carboxylic acids is 1. The van der Waals surface area contributed by atoms with Crippen LogP contribution in [0.1, 0.15) is 15.9 Å². The number of benzene rings is 1. The highest BCUT2D eigenvalue weighted by molar-refractivity contribution is 5.87. The van der Waals surface area contributed by atoms with Gasteiger partial charge in [0.2, 0.25) is 5.66 Å². The third kappa shape index (κ3) is 1.54. The predicted molar refractivity (Wildman–Crippen MR) is 47.4 cm³/mol. The molecule has 0 radical (unpaired) electrons. The van der Waals surface area contributed by atoms with Gasteiger partial charge in [0.25, 0.3) is 0 Å².